The van der Waals surface area contributed by atoms with Gasteiger partial charge in [0.2, 0.25) is 0 Å². The van der Waals surface area contributed by atoms with Crippen LogP contribution in [0.2, 0.25) is 0 Å². The van der Waals surface area contributed by atoms with Crippen molar-refractivity contribution in [1.29, 1.82) is 0 Å². The molecule has 0 amide bonds. The fourth-order valence-corrected chi connectivity index (χ4v) is 2.76. The number of benzene rings is 1. The summed E-state index contributed by atoms with van der Waals surface area (Å²) in [5.41, 5.74) is 2.40. The Morgan fingerprint density at radius 3 is 2.15 bits per heavy atom. The van der Waals surface area contributed by atoms with Gasteiger partial charge in [-0.1, -0.05) is 26.8 Å². The number of rotatable bonds is 2. The second-order valence-electron chi connectivity index (χ2n) is 6.99. The monoisotopic (exact) mass is 310 g/mol. The summed E-state index contributed by atoms with van der Waals surface area (Å²) in [5, 5.41) is 7.32. The van der Waals surface area contributed by atoms with Gasteiger partial charge in [-0.2, -0.15) is 0 Å². The molecule has 0 unspecified atom stereocenters. The minimum atomic E-state index is -0.0386. The van der Waals surface area contributed by atoms with Gasteiger partial charge in [0, 0.05) is 16.1 Å². The molecule has 1 aromatic carbocycles. The van der Waals surface area contributed by atoms with Gasteiger partial charge in [0.1, 0.15) is 0 Å². The zero-order chi connectivity index (χ0) is 15.6. The van der Waals surface area contributed by atoms with Gasteiger partial charge in [-0.05, 0) is 62.4 Å². The van der Waals surface area contributed by atoms with Gasteiger partial charge < -0.3 is 10.6 Å². The van der Waals surface area contributed by atoms with Crippen LogP contribution in [0.25, 0.3) is 0 Å². The van der Waals surface area contributed by atoms with Crippen LogP contribution in [0.3, 0.4) is 0 Å². The van der Waals surface area contributed by atoms with Gasteiger partial charge in [-0.3, -0.25) is 0 Å². The molecule has 2 N–H and O–H groups in total. The molecule has 112 valence electrons. The Bertz CT molecular complexity index is 482. The van der Waals surface area contributed by atoms with Crippen molar-refractivity contribution >= 4 is 34.8 Å². The van der Waals surface area contributed by atoms with Crippen molar-refractivity contribution in [1.82, 2.24) is 5.32 Å². The van der Waals surface area contributed by atoms with E-state index in [4.69, 9.17) is 12.2 Å². The van der Waals surface area contributed by atoms with Gasteiger partial charge in [-0.25, -0.2) is 0 Å². The van der Waals surface area contributed by atoms with E-state index in [1.165, 1.54) is 10.5 Å². The third kappa shape index (κ3) is 5.33. The van der Waals surface area contributed by atoms with Gasteiger partial charge in [0.15, 0.2) is 5.11 Å². The van der Waals surface area contributed by atoms with Crippen LogP contribution in [0, 0.1) is 0 Å². The third-order valence-corrected chi connectivity index (χ3v) is 3.70. The molecule has 4 heteroatoms. The summed E-state index contributed by atoms with van der Waals surface area (Å²) in [4.78, 5) is 1.24. The molecule has 1 aromatic rings. The summed E-state index contributed by atoms with van der Waals surface area (Å²) in [6, 6.07) is 6.52. The summed E-state index contributed by atoms with van der Waals surface area (Å²) in [7, 11) is 0. The Kier molecular flexibility index (Phi) is 5.50. The van der Waals surface area contributed by atoms with E-state index in [1.54, 1.807) is 11.8 Å². The van der Waals surface area contributed by atoms with Crippen LogP contribution in [-0.2, 0) is 5.41 Å². The standard InChI is InChI=1S/C16H26N2S2/c1-15(2,3)12-9-8-11(20-7)10-13(12)17-14(19)18-16(4,5)6/h8-10H,1-7H3,(H2,17,18,19). The number of thiocarbonyl (C=S) groups is 1. The molecule has 0 saturated heterocycles. The van der Waals surface area contributed by atoms with E-state index in [1.807, 2.05) is 0 Å². The van der Waals surface area contributed by atoms with E-state index in [9.17, 15) is 0 Å². The minimum absolute atomic E-state index is 0.0386. The zero-order valence-corrected chi connectivity index (χ0v) is 15.2. The Morgan fingerprint density at radius 1 is 1.10 bits per heavy atom. The van der Waals surface area contributed by atoms with Crippen molar-refractivity contribution in [2.75, 3.05) is 11.6 Å². The topological polar surface area (TPSA) is 24.1 Å². The smallest absolute Gasteiger partial charge is 0.171 e. The molecule has 0 bridgehead atoms. The molecular weight excluding hydrogens is 284 g/mol. The molecule has 1 rings (SSSR count). The quantitative estimate of drug-likeness (QED) is 0.606. The van der Waals surface area contributed by atoms with Gasteiger partial charge in [-0.15, -0.1) is 11.8 Å². The first-order valence-corrected chi connectivity index (χ1v) is 8.44. The van der Waals surface area contributed by atoms with Crippen LogP contribution in [0.5, 0.6) is 0 Å². The maximum absolute atomic E-state index is 5.42. The predicted octanol–water partition coefficient (Wildman–Crippen LogP) is 4.79. The third-order valence-electron chi connectivity index (χ3n) is 2.77. The first-order chi connectivity index (χ1) is 9.03. The average Bonchev–Trinajstić information content (AvgIpc) is 2.24. The number of thioether (sulfide) groups is 1. The Hall–Kier alpha value is -0.740. The molecule has 0 saturated carbocycles. The second-order valence-corrected chi connectivity index (χ2v) is 8.28. The zero-order valence-electron chi connectivity index (χ0n) is 13.5. The molecule has 0 fully saturated rings. The van der Waals surface area contributed by atoms with Crippen molar-refractivity contribution in [3.8, 4) is 0 Å². The van der Waals surface area contributed by atoms with E-state index in [0.29, 0.717) is 5.11 Å². The van der Waals surface area contributed by atoms with E-state index in [-0.39, 0.29) is 11.0 Å². The molecule has 20 heavy (non-hydrogen) atoms. The molecule has 0 aromatic heterocycles. The Labute approximate surface area is 133 Å². The SMILES string of the molecule is CSc1ccc(C(C)(C)C)c(NC(=S)NC(C)(C)C)c1. The number of anilines is 1. The highest BCUT2D eigenvalue weighted by atomic mass is 32.2. The maximum Gasteiger partial charge on any atom is 0.171 e. The summed E-state index contributed by atoms with van der Waals surface area (Å²) in [6.45, 7) is 12.9. The van der Waals surface area contributed by atoms with Crippen LogP contribution >= 0.6 is 24.0 Å². The number of hydrogen-bond donors (Lipinski definition) is 2. The molecule has 0 aliphatic carbocycles. The van der Waals surface area contributed by atoms with Crippen molar-refractivity contribution < 1.29 is 0 Å². The lowest BCUT2D eigenvalue weighted by Gasteiger charge is -2.27. The van der Waals surface area contributed by atoms with Crippen molar-refractivity contribution in [3.05, 3.63) is 23.8 Å². The normalized spacial score (nSPS) is 12.2. The summed E-state index contributed by atoms with van der Waals surface area (Å²) in [5.74, 6) is 0. The number of hydrogen-bond acceptors (Lipinski definition) is 2. The molecule has 0 atom stereocenters. The van der Waals surface area contributed by atoms with Crippen molar-refractivity contribution in [2.45, 2.75) is 57.4 Å². The van der Waals surface area contributed by atoms with Crippen molar-refractivity contribution in [2.24, 2.45) is 0 Å². The lowest BCUT2D eigenvalue weighted by atomic mass is 9.86. The van der Waals surface area contributed by atoms with E-state index < -0.39 is 0 Å². The second kappa shape index (κ2) is 6.35. The van der Waals surface area contributed by atoms with Crippen LogP contribution < -0.4 is 10.6 Å². The fraction of sp³-hybridized carbons (Fsp3) is 0.562. The first kappa shape index (κ1) is 17.3. The molecule has 0 radical (unpaired) electrons. The molecular formula is C16H26N2S2. The fourth-order valence-electron chi connectivity index (χ4n) is 1.90. The Morgan fingerprint density at radius 2 is 1.70 bits per heavy atom. The van der Waals surface area contributed by atoms with Gasteiger partial charge >= 0.3 is 0 Å². The van der Waals surface area contributed by atoms with Crippen LogP contribution in [0.15, 0.2) is 23.1 Å². The van der Waals surface area contributed by atoms with Crippen LogP contribution in [0.1, 0.15) is 47.1 Å². The number of nitrogens with one attached hydrogen (secondary N) is 2. The summed E-state index contributed by atoms with van der Waals surface area (Å²) in [6.07, 6.45) is 2.08. The van der Waals surface area contributed by atoms with Crippen molar-refractivity contribution in [3.63, 3.8) is 0 Å². The van der Waals surface area contributed by atoms with Gasteiger partial charge in [0.05, 0.1) is 0 Å². The van der Waals surface area contributed by atoms with Crippen LogP contribution in [-0.4, -0.2) is 16.9 Å². The predicted molar refractivity (Wildman–Crippen MR) is 96.0 cm³/mol. The van der Waals surface area contributed by atoms with Crippen LogP contribution in [0.4, 0.5) is 5.69 Å². The van der Waals surface area contributed by atoms with Gasteiger partial charge in [0.25, 0.3) is 0 Å². The molecule has 0 aliphatic heterocycles. The molecule has 2 nitrogen and oxygen atoms in total. The lowest BCUT2D eigenvalue weighted by Crippen LogP contribution is -2.43. The van der Waals surface area contributed by atoms with E-state index >= 15 is 0 Å². The maximum atomic E-state index is 5.42. The van der Waals surface area contributed by atoms with E-state index in [0.717, 1.165) is 5.69 Å². The minimum Gasteiger partial charge on any atom is -0.358 e. The first-order valence-electron chi connectivity index (χ1n) is 6.80. The Balaban J connectivity index is 3.05. The lowest BCUT2D eigenvalue weighted by molar-refractivity contribution is 0.514. The largest absolute Gasteiger partial charge is 0.358 e. The highest BCUT2D eigenvalue weighted by Crippen LogP contribution is 2.32. The summed E-state index contributed by atoms with van der Waals surface area (Å²) >= 11 is 7.16. The highest BCUT2D eigenvalue weighted by Gasteiger charge is 2.19. The average molecular weight is 311 g/mol. The summed E-state index contributed by atoms with van der Waals surface area (Å²) < 4.78 is 0. The molecule has 0 spiro atoms. The molecule has 0 aliphatic rings. The highest BCUT2D eigenvalue weighted by molar-refractivity contribution is 7.98. The molecule has 0 heterocycles. The van der Waals surface area contributed by atoms with E-state index in [2.05, 4.69) is 76.6 Å².